The highest BCUT2D eigenvalue weighted by Gasteiger charge is 2.29. The number of benzene rings is 2. The van der Waals surface area contributed by atoms with Crippen molar-refractivity contribution in [3.63, 3.8) is 0 Å². The van der Waals surface area contributed by atoms with Crippen LogP contribution in [0.5, 0.6) is 0 Å². The molecule has 2 atom stereocenters. The minimum absolute atomic E-state index is 0.308. The van der Waals surface area contributed by atoms with Gasteiger partial charge in [-0.05, 0) is 86.4 Å². The van der Waals surface area contributed by atoms with Gasteiger partial charge < -0.3 is 5.32 Å². The zero-order chi connectivity index (χ0) is 21.6. The van der Waals surface area contributed by atoms with Crippen LogP contribution < -0.4 is 5.32 Å². The summed E-state index contributed by atoms with van der Waals surface area (Å²) in [6.07, 6.45) is 6.50. The summed E-state index contributed by atoms with van der Waals surface area (Å²) in [6, 6.07) is 15.5. The van der Waals surface area contributed by atoms with Gasteiger partial charge in [0, 0.05) is 22.7 Å². The highest BCUT2D eigenvalue weighted by atomic mass is 35.5. The van der Waals surface area contributed by atoms with Crippen molar-refractivity contribution in [1.29, 1.82) is 0 Å². The molecule has 0 aliphatic heterocycles. The first kappa shape index (κ1) is 23.3. The monoisotopic (exact) mass is 447 g/mol. The van der Waals surface area contributed by atoms with Crippen LogP contribution in [-0.4, -0.2) is 33.0 Å². The van der Waals surface area contributed by atoms with Crippen LogP contribution in [0.1, 0.15) is 60.8 Å². The third kappa shape index (κ3) is 6.32. The summed E-state index contributed by atoms with van der Waals surface area (Å²) in [6.45, 7) is 1.92. The molecule has 3 nitrogen and oxygen atoms in total. The average molecular weight is 448 g/mol. The predicted octanol–water partition coefficient (Wildman–Crippen LogP) is 5.35. The second kappa shape index (κ2) is 10.8. The predicted molar refractivity (Wildman–Crippen MR) is 127 cm³/mol. The van der Waals surface area contributed by atoms with E-state index in [9.17, 15) is 8.42 Å². The van der Waals surface area contributed by atoms with Crippen LogP contribution in [0.15, 0.2) is 42.5 Å². The lowest BCUT2D eigenvalue weighted by molar-refractivity contribution is 0.409. The van der Waals surface area contributed by atoms with Gasteiger partial charge in [0.15, 0.2) is 0 Å². The van der Waals surface area contributed by atoms with E-state index in [1.807, 2.05) is 19.1 Å². The van der Waals surface area contributed by atoms with Crippen LogP contribution in [0.4, 0.5) is 0 Å². The topological polar surface area (TPSA) is 46.2 Å². The molecule has 0 radical (unpaired) electrons. The van der Waals surface area contributed by atoms with Crippen molar-refractivity contribution in [2.45, 2.75) is 63.8 Å². The molecule has 164 valence electrons. The van der Waals surface area contributed by atoms with Gasteiger partial charge >= 0.3 is 0 Å². The van der Waals surface area contributed by atoms with Crippen molar-refractivity contribution in [2.75, 3.05) is 18.6 Å². The molecule has 5 heteroatoms. The molecule has 30 heavy (non-hydrogen) atoms. The van der Waals surface area contributed by atoms with Gasteiger partial charge in [-0.3, -0.25) is 0 Å². The Kier molecular flexibility index (Phi) is 8.38. The first-order chi connectivity index (χ1) is 14.4. The SMILES string of the molecule is CCCS(=O)(=O)CCCCc1ccc2c(c1)C(Cc1cccc(Cl)c1)C(NC)CC2. The molecule has 1 N–H and O–H groups in total. The van der Waals surface area contributed by atoms with Crippen molar-refractivity contribution < 1.29 is 8.42 Å². The van der Waals surface area contributed by atoms with Gasteiger partial charge in [-0.15, -0.1) is 0 Å². The van der Waals surface area contributed by atoms with E-state index in [2.05, 4.69) is 42.7 Å². The van der Waals surface area contributed by atoms with Crippen LogP contribution in [0, 0.1) is 0 Å². The lowest BCUT2D eigenvalue weighted by Gasteiger charge is -2.34. The second-order valence-corrected chi connectivity index (χ2v) is 11.3. The van der Waals surface area contributed by atoms with Crippen LogP contribution in [0.2, 0.25) is 5.02 Å². The van der Waals surface area contributed by atoms with Gasteiger partial charge in [0.05, 0.1) is 5.75 Å². The van der Waals surface area contributed by atoms with Gasteiger partial charge in [0.2, 0.25) is 0 Å². The fourth-order valence-electron chi connectivity index (χ4n) is 4.68. The van der Waals surface area contributed by atoms with E-state index >= 15 is 0 Å². The van der Waals surface area contributed by atoms with Crippen molar-refractivity contribution >= 4 is 21.4 Å². The largest absolute Gasteiger partial charge is 0.316 e. The third-order valence-corrected chi connectivity index (χ3v) is 8.40. The Morgan fingerprint density at radius 1 is 1.07 bits per heavy atom. The molecule has 0 heterocycles. The number of likely N-dealkylation sites (N-methyl/N-ethyl adjacent to an activating group) is 1. The Hall–Kier alpha value is -1.36. The lowest BCUT2D eigenvalue weighted by atomic mass is 9.75. The van der Waals surface area contributed by atoms with Crippen molar-refractivity contribution in [1.82, 2.24) is 5.32 Å². The van der Waals surface area contributed by atoms with Crippen LogP contribution in [-0.2, 0) is 29.1 Å². The zero-order valence-corrected chi connectivity index (χ0v) is 19.7. The molecule has 1 aliphatic rings. The van der Waals surface area contributed by atoms with Crippen LogP contribution in [0.3, 0.4) is 0 Å². The Bertz CT molecular complexity index is 942. The van der Waals surface area contributed by atoms with Gasteiger partial charge in [0.25, 0.3) is 0 Å². The van der Waals surface area contributed by atoms with E-state index in [4.69, 9.17) is 11.6 Å². The summed E-state index contributed by atoms with van der Waals surface area (Å²) in [5, 5.41) is 4.32. The van der Waals surface area contributed by atoms with E-state index in [1.165, 1.54) is 22.3 Å². The molecule has 2 aromatic rings. The van der Waals surface area contributed by atoms with E-state index in [0.717, 1.165) is 43.5 Å². The maximum absolute atomic E-state index is 11.9. The third-order valence-electron chi connectivity index (χ3n) is 6.22. The molecule has 0 fully saturated rings. The molecule has 0 aromatic heterocycles. The molecule has 2 aromatic carbocycles. The summed E-state index contributed by atoms with van der Waals surface area (Å²) >= 11 is 6.22. The highest BCUT2D eigenvalue weighted by Crippen LogP contribution is 2.35. The van der Waals surface area contributed by atoms with E-state index in [0.29, 0.717) is 29.9 Å². The quantitative estimate of drug-likeness (QED) is 0.499. The average Bonchev–Trinajstić information content (AvgIpc) is 2.71. The minimum atomic E-state index is -2.88. The normalized spacial score (nSPS) is 18.9. The molecule has 0 bridgehead atoms. The van der Waals surface area contributed by atoms with Gasteiger partial charge in [0.1, 0.15) is 9.84 Å². The van der Waals surface area contributed by atoms with Gasteiger partial charge in [-0.2, -0.15) is 0 Å². The van der Waals surface area contributed by atoms with E-state index < -0.39 is 9.84 Å². The summed E-state index contributed by atoms with van der Waals surface area (Å²) < 4.78 is 23.9. The first-order valence-corrected chi connectivity index (χ1v) is 13.4. The summed E-state index contributed by atoms with van der Waals surface area (Å²) in [5.74, 6) is 1.04. The lowest BCUT2D eigenvalue weighted by Crippen LogP contribution is -2.37. The fourth-order valence-corrected chi connectivity index (χ4v) is 6.36. The smallest absolute Gasteiger partial charge is 0.150 e. The maximum Gasteiger partial charge on any atom is 0.150 e. The van der Waals surface area contributed by atoms with Gasteiger partial charge in [-0.1, -0.05) is 48.9 Å². The second-order valence-electron chi connectivity index (χ2n) is 8.52. The molecule has 3 rings (SSSR count). The number of halogens is 1. The van der Waals surface area contributed by atoms with Crippen molar-refractivity contribution in [2.24, 2.45) is 0 Å². The Morgan fingerprint density at radius 2 is 1.90 bits per heavy atom. The summed E-state index contributed by atoms with van der Waals surface area (Å²) in [5.41, 5.74) is 5.47. The minimum Gasteiger partial charge on any atom is -0.316 e. The summed E-state index contributed by atoms with van der Waals surface area (Å²) in [7, 11) is -0.820. The molecule has 0 saturated carbocycles. The molecule has 2 unspecified atom stereocenters. The fraction of sp³-hybridized carbons (Fsp3) is 0.520. The Balaban J connectivity index is 1.71. The molecule has 0 saturated heterocycles. The van der Waals surface area contributed by atoms with E-state index in [1.54, 1.807) is 0 Å². The van der Waals surface area contributed by atoms with Gasteiger partial charge in [-0.25, -0.2) is 8.42 Å². The molecular formula is C25H34ClNO2S. The summed E-state index contributed by atoms with van der Waals surface area (Å²) in [4.78, 5) is 0. The van der Waals surface area contributed by atoms with Crippen LogP contribution in [0.25, 0.3) is 0 Å². The number of aryl methyl sites for hydroxylation is 2. The number of unbranched alkanes of at least 4 members (excludes halogenated alkanes) is 1. The molecule has 1 aliphatic carbocycles. The Labute approximate surface area is 187 Å². The number of sulfone groups is 1. The van der Waals surface area contributed by atoms with Crippen LogP contribution >= 0.6 is 11.6 Å². The molecular weight excluding hydrogens is 414 g/mol. The Morgan fingerprint density at radius 3 is 2.63 bits per heavy atom. The zero-order valence-electron chi connectivity index (χ0n) is 18.2. The number of nitrogens with one attached hydrogen (secondary N) is 1. The number of fused-ring (bicyclic) bond motifs is 1. The first-order valence-electron chi connectivity index (χ1n) is 11.2. The standard InChI is InChI=1S/C25H34ClNO2S/c1-3-14-30(28,29)15-5-4-7-19-10-11-21-12-13-25(27-2)24(23(21)17-19)18-20-8-6-9-22(26)16-20/h6,8-11,16-17,24-25,27H,3-5,7,12-15,18H2,1-2H3. The van der Waals surface area contributed by atoms with Crippen molar-refractivity contribution in [3.05, 3.63) is 69.7 Å². The highest BCUT2D eigenvalue weighted by molar-refractivity contribution is 7.91. The van der Waals surface area contributed by atoms with Crippen molar-refractivity contribution in [3.8, 4) is 0 Å². The number of hydrogen-bond acceptors (Lipinski definition) is 3. The van der Waals surface area contributed by atoms with E-state index in [-0.39, 0.29) is 0 Å². The maximum atomic E-state index is 11.9. The number of rotatable bonds is 10. The number of hydrogen-bond donors (Lipinski definition) is 1. The molecule has 0 spiro atoms. The molecule has 0 amide bonds.